The molecular formula is C16H24N2S. The van der Waals surface area contributed by atoms with Gasteiger partial charge in [-0.3, -0.25) is 0 Å². The first kappa shape index (κ1) is 12.3. The Balaban J connectivity index is 1.44. The van der Waals surface area contributed by atoms with Gasteiger partial charge >= 0.3 is 0 Å². The van der Waals surface area contributed by atoms with Crippen molar-refractivity contribution >= 4 is 11.3 Å². The van der Waals surface area contributed by atoms with Crippen molar-refractivity contribution in [3.63, 3.8) is 0 Å². The van der Waals surface area contributed by atoms with Gasteiger partial charge in [0.05, 0.1) is 6.04 Å². The molecule has 0 aliphatic heterocycles. The number of thiazole rings is 1. The van der Waals surface area contributed by atoms with Crippen molar-refractivity contribution in [2.24, 2.45) is 23.7 Å². The van der Waals surface area contributed by atoms with Gasteiger partial charge in [0.2, 0.25) is 0 Å². The summed E-state index contributed by atoms with van der Waals surface area (Å²) < 4.78 is 0. The van der Waals surface area contributed by atoms with E-state index in [1.807, 2.05) is 0 Å². The number of nitrogens with one attached hydrogen (secondary N) is 1. The summed E-state index contributed by atoms with van der Waals surface area (Å²) in [4.78, 5) is 4.64. The van der Waals surface area contributed by atoms with Crippen molar-refractivity contribution in [1.29, 1.82) is 0 Å². The summed E-state index contributed by atoms with van der Waals surface area (Å²) in [5.41, 5.74) is 1.16. The monoisotopic (exact) mass is 276 g/mol. The highest BCUT2D eigenvalue weighted by molar-refractivity contribution is 7.09. The molecule has 3 saturated carbocycles. The Bertz CT molecular complexity index is 469. The van der Waals surface area contributed by atoms with E-state index in [4.69, 9.17) is 0 Å². The summed E-state index contributed by atoms with van der Waals surface area (Å²) in [7, 11) is 0. The summed E-state index contributed by atoms with van der Waals surface area (Å²) in [5.74, 6) is 4.17. The van der Waals surface area contributed by atoms with E-state index in [1.165, 1.54) is 37.1 Å². The molecule has 6 atom stereocenters. The Hall–Kier alpha value is -0.410. The van der Waals surface area contributed by atoms with Gasteiger partial charge < -0.3 is 5.32 Å². The first-order chi connectivity index (χ1) is 9.22. The van der Waals surface area contributed by atoms with Gasteiger partial charge in [-0.2, -0.15) is 0 Å². The van der Waals surface area contributed by atoms with E-state index in [0.717, 1.165) is 35.4 Å². The van der Waals surface area contributed by atoms with Crippen LogP contribution in [0.4, 0.5) is 0 Å². The minimum absolute atomic E-state index is 0.433. The quantitative estimate of drug-likeness (QED) is 0.905. The molecule has 1 aromatic rings. The van der Waals surface area contributed by atoms with Crippen molar-refractivity contribution in [3.8, 4) is 0 Å². The van der Waals surface area contributed by atoms with Crippen LogP contribution in [0.15, 0.2) is 5.38 Å². The van der Waals surface area contributed by atoms with Crippen LogP contribution in [0, 0.1) is 30.6 Å². The highest BCUT2D eigenvalue weighted by atomic mass is 32.1. The van der Waals surface area contributed by atoms with E-state index in [0.29, 0.717) is 6.04 Å². The molecule has 0 aromatic carbocycles. The predicted molar refractivity (Wildman–Crippen MR) is 79.2 cm³/mol. The summed E-state index contributed by atoms with van der Waals surface area (Å²) >= 11 is 1.81. The summed E-state index contributed by atoms with van der Waals surface area (Å²) in [5, 5.41) is 7.34. The van der Waals surface area contributed by atoms with Gasteiger partial charge in [0.15, 0.2) is 0 Å². The Morgan fingerprint density at radius 2 is 2.11 bits per heavy atom. The predicted octanol–water partition coefficient (Wildman–Crippen LogP) is 3.93. The number of fused-ring (bicyclic) bond motifs is 5. The standard InChI is InChI=1S/C16H24N2S/c1-9-8-19-16(17-9)10(2)18-15-7-11-6-14(15)13-5-3-4-12(11)13/h8,10-15,18H,3-7H2,1-2H3. The van der Waals surface area contributed by atoms with Crippen LogP contribution in [0.1, 0.15) is 55.8 Å². The fraction of sp³-hybridized carbons (Fsp3) is 0.812. The number of hydrogen-bond donors (Lipinski definition) is 1. The van der Waals surface area contributed by atoms with Crippen LogP contribution in [0.2, 0.25) is 0 Å². The third-order valence-electron chi connectivity index (χ3n) is 5.90. The average molecular weight is 276 g/mol. The van der Waals surface area contributed by atoms with Gasteiger partial charge in [0.1, 0.15) is 5.01 Å². The zero-order valence-corrected chi connectivity index (χ0v) is 12.7. The topological polar surface area (TPSA) is 24.9 Å². The first-order valence-electron chi connectivity index (χ1n) is 7.90. The molecule has 0 amide bonds. The average Bonchev–Trinajstić information content (AvgIpc) is 3.08. The maximum atomic E-state index is 4.64. The molecule has 4 rings (SSSR count). The third kappa shape index (κ3) is 1.97. The maximum absolute atomic E-state index is 4.64. The maximum Gasteiger partial charge on any atom is 0.110 e. The molecule has 3 aliphatic rings. The van der Waals surface area contributed by atoms with Crippen LogP contribution in [-0.4, -0.2) is 11.0 Å². The van der Waals surface area contributed by atoms with Crippen molar-refractivity contribution in [2.45, 2.75) is 58.0 Å². The molecule has 1 N–H and O–H groups in total. The SMILES string of the molecule is Cc1csc(C(C)NC2CC3CC2C2CCCC32)n1. The van der Waals surface area contributed by atoms with Crippen LogP contribution in [-0.2, 0) is 0 Å². The molecule has 2 bridgehead atoms. The van der Waals surface area contributed by atoms with E-state index < -0.39 is 0 Å². The molecule has 1 heterocycles. The zero-order valence-electron chi connectivity index (χ0n) is 11.9. The van der Waals surface area contributed by atoms with Crippen LogP contribution in [0.25, 0.3) is 0 Å². The third-order valence-corrected chi connectivity index (χ3v) is 7.05. The first-order valence-corrected chi connectivity index (χ1v) is 8.78. The van der Waals surface area contributed by atoms with Gasteiger partial charge in [-0.25, -0.2) is 4.98 Å². The van der Waals surface area contributed by atoms with Crippen LogP contribution >= 0.6 is 11.3 Å². The number of aromatic nitrogens is 1. The minimum atomic E-state index is 0.433. The van der Waals surface area contributed by atoms with E-state index >= 15 is 0 Å². The molecule has 3 heteroatoms. The van der Waals surface area contributed by atoms with E-state index in [1.54, 1.807) is 11.3 Å². The normalized spacial score (nSPS) is 41.7. The second kappa shape index (κ2) is 4.56. The largest absolute Gasteiger partial charge is 0.305 e. The lowest BCUT2D eigenvalue weighted by atomic mass is 9.79. The summed E-state index contributed by atoms with van der Waals surface area (Å²) in [6, 6.07) is 1.20. The lowest BCUT2D eigenvalue weighted by Crippen LogP contribution is -2.40. The minimum Gasteiger partial charge on any atom is -0.305 e. The molecule has 0 radical (unpaired) electrons. The Morgan fingerprint density at radius 3 is 2.89 bits per heavy atom. The molecule has 1 aromatic heterocycles. The van der Waals surface area contributed by atoms with Gasteiger partial charge in [0.25, 0.3) is 0 Å². The second-order valence-electron chi connectivity index (χ2n) is 6.98. The highest BCUT2D eigenvalue weighted by Crippen LogP contribution is 2.58. The van der Waals surface area contributed by atoms with Crippen molar-refractivity contribution in [2.75, 3.05) is 0 Å². The molecular weight excluding hydrogens is 252 g/mol. The lowest BCUT2D eigenvalue weighted by molar-refractivity contribution is 0.200. The van der Waals surface area contributed by atoms with Crippen LogP contribution in [0.5, 0.6) is 0 Å². The smallest absolute Gasteiger partial charge is 0.110 e. The van der Waals surface area contributed by atoms with Crippen molar-refractivity contribution in [3.05, 3.63) is 16.1 Å². The number of nitrogens with zero attached hydrogens (tertiary/aromatic N) is 1. The molecule has 19 heavy (non-hydrogen) atoms. The van der Waals surface area contributed by atoms with Gasteiger partial charge in [-0.05, 0) is 63.2 Å². The molecule has 0 saturated heterocycles. The van der Waals surface area contributed by atoms with Gasteiger partial charge in [-0.15, -0.1) is 11.3 Å². The fourth-order valence-electron chi connectivity index (χ4n) is 5.22. The Morgan fingerprint density at radius 1 is 1.26 bits per heavy atom. The lowest BCUT2D eigenvalue weighted by Gasteiger charge is -2.33. The number of aryl methyl sites for hydroxylation is 1. The van der Waals surface area contributed by atoms with Gasteiger partial charge in [-0.1, -0.05) is 6.42 Å². The van der Waals surface area contributed by atoms with Gasteiger partial charge in [0, 0.05) is 17.1 Å². The fourth-order valence-corrected chi connectivity index (χ4v) is 6.04. The summed E-state index contributed by atoms with van der Waals surface area (Å²) in [6.45, 7) is 4.38. The summed E-state index contributed by atoms with van der Waals surface area (Å²) in [6.07, 6.45) is 7.47. The zero-order chi connectivity index (χ0) is 13.0. The highest BCUT2D eigenvalue weighted by Gasteiger charge is 2.53. The molecule has 6 unspecified atom stereocenters. The molecule has 2 nitrogen and oxygen atoms in total. The van der Waals surface area contributed by atoms with Crippen molar-refractivity contribution in [1.82, 2.24) is 10.3 Å². The van der Waals surface area contributed by atoms with Crippen molar-refractivity contribution < 1.29 is 0 Å². The number of hydrogen-bond acceptors (Lipinski definition) is 3. The molecule has 104 valence electrons. The second-order valence-corrected chi connectivity index (χ2v) is 7.87. The Kier molecular flexibility index (Phi) is 2.96. The molecule has 3 aliphatic carbocycles. The van der Waals surface area contributed by atoms with E-state index in [2.05, 4.69) is 29.5 Å². The molecule has 0 spiro atoms. The van der Waals surface area contributed by atoms with Crippen LogP contribution < -0.4 is 5.32 Å². The van der Waals surface area contributed by atoms with E-state index in [-0.39, 0.29) is 0 Å². The van der Waals surface area contributed by atoms with Crippen LogP contribution in [0.3, 0.4) is 0 Å². The van der Waals surface area contributed by atoms with E-state index in [9.17, 15) is 0 Å². The Labute approximate surface area is 120 Å². The molecule has 3 fully saturated rings. The number of rotatable bonds is 3.